The van der Waals surface area contributed by atoms with Gasteiger partial charge in [0.1, 0.15) is 0 Å². The van der Waals surface area contributed by atoms with E-state index in [4.69, 9.17) is 5.73 Å². The summed E-state index contributed by atoms with van der Waals surface area (Å²) in [6.07, 6.45) is 0. The SMILES string of the molecule is CC(C)(C)NS(=O)(=O)c1cccc(-c2ccc3[nH]nc(N)c3c2)c1. The molecular weight excluding hydrogens is 324 g/mol. The summed E-state index contributed by atoms with van der Waals surface area (Å²) in [5, 5.41) is 7.64. The number of hydrogen-bond donors (Lipinski definition) is 3. The average Bonchev–Trinajstić information content (AvgIpc) is 2.86. The van der Waals surface area contributed by atoms with Crippen molar-refractivity contribution in [3.63, 3.8) is 0 Å². The van der Waals surface area contributed by atoms with Gasteiger partial charge in [0.25, 0.3) is 0 Å². The summed E-state index contributed by atoms with van der Waals surface area (Å²) in [7, 11) is -3.58. The van der Waals surface area contributed by atoms with E-state index in [1.54, 1.807) is 18.2 Å². The second-order valence-electron chi connectivity index (χ2n) is 6.75. The van der Waals surface area contributed by atoms with Crippen LogP contribution in [0.4, 0.5) is 5.82 Å². The van der Waals surface area contributed by atoms with Crippen LogP contribution >= 0.6 is 0 Å². The number of H-pyrrole nitrogens is 1. The quantitative estimate of drug-likeness (QED) is 0.680. The molecule has 0 aliphatic rings. The molecule has 126 valence electrons. The summed E-state index contributed by atoms with van der Waals surface area (Å²) in [6.45, 7) is 5.43. The third-order valence-corrected chi connectivity index (χ3v) is 5.27. The molecule has 0 radical (unpaired) electrons. The number of aromatic nitrogens is 2. The molecule has 3 rings (SSSR count). The molecule has 0 aliphatic carbocycles. The number of aromatic amines is 1. The molecule has 0 amide bonds. The van der Waals surface area contributed by atoms with Crippen LogP contribution in [0.2, 0.25) is 0 Å². The topological polar surface area (TPSA) is 101 Å². The van der Waals surface area contributed by atoms with Crippen LogP contribution in [0.25, 0.3) is 22.0 Å². The van der Waals surface area contributed by atoms with Crippen molar-refractivity contribution in [2.24, 2.45) is 0 Å². The van der Waals surface area contributed by atoms with Crippen molar-refractivity contribution in [2.45, 2.75) is 31.2 Å². The number of anilines is 1. The molecule has 0 saturated carbocycles. The van der Waals surface area contributed by atoms with Crippen LogP contribution in [0.5, 0.6) is 0 Å². The Morgan fingerprint density at radius 3 is 2.50 bits per heavy atom. The molecular formula is C17H20N4O2S. The lowest BCUT2D eigenvalue weighted by molar-refractivity contribution is 0.491. The van der Waals surface area contributed by atoms with Gasteiger partial charge in [-0.2, -0.15) is 5.10 Å². The fourth-order valence-electron chi connectivity index (χ4n) is 2.52. The first-order valence-electron chi connectivity index (χ1n) is 7.54. The lowest BCUT2D eigenvalue weighted by atomic mass is 10.0. The van der Waals surface area contributed by atoms with E-state index in [0.29, 0.717) is 5.82 Å². The highest BCUT2D eigenvalue weighted by atomic mass is 32.2. The van der Waals surface area contributed by atoms with Gasteiger partial charge in [-0.05, 0) is 56.2 Å². The van der Waals surface area contributed by atoms with Crippen LogP contribution in [-0.4, -0.2) is 24.2 Å². The molecule has 1 heterocycles. The minimum absolute atomic E-state index is 0.232. The molecule has 0 aliphatic heterocycles. The number of nitrogens with two attached hydrogens (primary N) is 1. The summed E-state index contributed by atoms with van der Waals surface area (Å²) < 4.78 is 27.7. The third kappa shape index (κ3) is 3.27. The van der Waals surface area contributed by atoms with E-state index in [-0.39, 0.29) is 4.90 Å². The summed E-state index contributed by atoms with van der Waals surface area (Å²) in [4.78, 5) is 0.232. The molecule has 7 heteroatoms. The number of fused-ring (bicyclic) bond motifs is 1. The predicted molar refractivity (Wildman–Crippen MR) is 96.0 cm³/mol. The van der Waals surface area contributed by atoms with Gasteiger partial charge in [0.05, 0.1) is 10.4 Å². The van der Waals surface area contributed by atoms with E-state index in [1.807, 2.05) is 45.0 Å². The number of hydrogen-bond acceptors (Lipinski definition) is 4. The van der Waals surface area contributed by atoms with E-state index < -0.39 is 15.6 Å². The van der Waals surface area contributed by atoms with Crippen molar-refractivity contribution in [1.82, 2.24) is 14.9 Å². The van der Waals surface area contributed by atoms with Crippen molar-refractivity contribution in [3.05, 3.63) is 42.5 Å². The maximum Gasteiger partial charge on any atom is 0.241 e. The Morgan fingerprint density at radius 2 is 1.79 bits per heavy atom. The Labute approximate surface area is 141 Å². The first-order valence-corrected chi connectivity index (χ1v) is 9.02. The molecule has 3 aromatic rings. The van der Waals surface area contributed by atoms with E-state index in [9.17, 15) is 8.42 Å². The molecule has 6 nitrogen and oxygen atoms in total. The fraction of sp³-hybridized carbons (Fsp3) is 0.235. The van der Waals surface area contributed by atoms with Gasteiger partial charge in [-0.3, -0.25) is 5.10 Å². The second-order valence-corrected chi connectivity index (χ2v) is 8.43. The molecule has 0 atom stereocenters. The number of sulfonamides is 1. The summed E-state index contributed by atoms with van der Waals surface area (Å²) in [5.74, 6) is 0.421. The van der Waals surface area contributed by atoms with Gasteiger partial charge < -0.3 is 5.73 Å². The standard InChI is InChI=1S/C17H20N4O2S/c1-17(2,3)21-24(22,23)13-6-4-5-11(9-13)12-7-8-15-14(10-12)16(18)20-19-15/h4-10,21H,1-3H3,(H3,18,19,20). The number of nitrogen functional groups attached to an aromatic ring is 1. The predicted octanol–water partition coefficient (Wildman–Crippen LogP) is 2.89. The molecule has 0 unspecified atom stereocenters. The molecule has 2 aromatic carbocycles. The third-order valence-electron chi connectivity index (χ3n) is 3.51. The van der Waals surface area contributed by atoms with Crippen molar-refractivity contribution in [1.29, 1.82) is 0 Å². The first-order chi connectivity index (χ1) is 11.2. The summed E-state index contributed by atoms with van der Waals surface area (Å²) in [6, 6.07) is 12.5. The highest BCUT2D eigenvalue weighted by molar-refractivity contribution is 7.89. The van der Waals surface area contributed by atoms with Crippen LogP contribution in [0.1, 0.15) is 20.8 Å². The molecule has 1 aromatic heterocycles. The number of nitrogens with one attached hydrogen (secondary N) is 2. The Bertz CT molecular complexity index is 1000. The molecule has 0 fully saturated rings. The van der Waals surface area contributed by atoms with Gasteiger partial charge in [0, 0.05) is 10.9 Å². The van der Waals surface area contributed by atoms with Crippen molar-refractivity contribution >= 4 is 26.7 Å². The van der Waals surface area contributed by atoms with Gasteiger partial charge in [0.15, 0.2) is 5.82 Å². The monoisotopic (exact) mass is 344 g/mol. The van der Waals surface area contributed by atoms with Crippen LogP contribution in [0, 0.1) is 0 Å². The highest BCUT2D eigenvalue weighted by Crippen LogP contribution is 2.28. The van der Waals surface area contributed by atoms with Crippen LogP contribution in [-0.2, 0) is 10.0 Å². The zero-order valence-corrected chi connectivity index (χ0v) is 14.6. The maximum absolute atomic E-state index is 12.5. The first kappa shape index (κ1) is 16.5. The smallest absolute Gasteiger partial charge is 0.241 e. The zero-order chi connectivity index (χ0) is 17.5. The van der Waals surface area contributed by atoms with E-state index >= 15 is 0 Å². The van der Waals surface area contributed by atoms with Crippen LogP contribution < -0.4 is 10.5 Å². The molecule has 4 N–H and O–H groups in total. The fourth-order valence-corrected chi connectivity index (χ4v) is 3.98. The average molecular weight is 344 g/mol. The van der Waals surface area contributed by atoms with Crippen LogP contribution in [0.15, 0.2) is 47.4 Å². The van der Waals surface area contributed by atoms with Gasteiger partial charge in [-0.15, -0.1) is 0 Å². The summed E-state index contributed by atoms with van der Waals surface area (Å²) >= 11 is 0. The Kier molecular flexibility index (Phi) is 3.85. The molecule has 0 bridgehead atoms. The lowest BCUT2D eigenvalue weighted by Gasteiger charge is -2.20. The van der Waals surface area contributed by atoms with E-state index in [2.05, 4.69) is 14.9 Å². The number of benzene rings is 2. The van der Waals surface area contributed by atoms with Gasteiger partial charge in [0.2, 0.25) is 10.0 Å². The minimum Gasteiger partial charge on any atom is -0.382 e. The molecule has 24 heavy (non-hydrogen) atoms. The molecule has 0 spiro atoms. The lowest BCUT2D eigenvalue weighted by Crippen LogP contribution is -2.40. The van der Waals surface area contributed by atoms with Crippen LogP contribution in [0.3, 0.4) is 0 Å². The highest BCUT2D eigenvalue weighted by Gasteiger charge is 2.22. The van der Waals surface area contributed by atoms with Crippen molar-refractivity contribution < 1.29 is 8.42 Å². The van der Waals surface area contributed by atoms with Gasteiger partial charge in [-0.25, -0.2) is 13.1 Å². The minimum atomic E-state index is -3.58. The van der Waals surface area contributed by atoms with Gasteiger partial charge in [-0.1, -0.05) is 18.2 Å². The van der Waals surface area contributed by atoms with Crippen molar-refractivity contribution in [2.75, 3.05) is 5.73 Å². The van der Waals surface area contributed by atoms with Crippen molar-refractivity contribution in [3.8, 4) is 11.1 Å². The Balaban J connectivity index is 2.05. The molecule has 0 saturated heterocycles. The largest absolute Gasteiger partial charge is 0.382 e. The Morgan fingerprint density at radius 1 is 1.08 bits per heavy atom. The van der Waals surface area contributed by atoms with E-state index in [1.165, 1.54) is 0 Å². The maximum atomic E-state index is 12.5. The summed E-state index contributed by atoms with van der Waals surface area (Å²) in [5.41, 5.74) is 7.82. The number of nitrogens with zero attached hydrogens (tertiary/aromatic N) is 1. The second kappa shape index (κ2) is 5.61. The van der Waals surface area contributed by atoms with Gasteiger partial charge >= 0.3 is 0 Å². The number of rotatable bonds is 3. The Hall–Kier alpha value is -2.38. The normalized spacial score (nSPS) is 12.6. The van der Waals surface area contributed by atoms with E-state index in [0.717, 1.165) is 22.0 Å². The zero-order valence-electron chi connectivity index (χ0n) is 13.8.